The molecule has 110 valence electrons. The van der Waals surface area contributed by atoms with E-state index in [9.17, 15) is 14.9 Å². The lowest BCUT2D eigenvalue weighted by molar-refractivity contribution is -0.384. The van der Waals surface area contributed by atoms with Crippen LogP contribution in [0.5, 0.6) is 0 Å². The van der Waals surface area contributed by atoms with Crippen molar-refractivity contribution in [2.75, 3.05) is 0 Å². The van der Waals surface area contributed by atoms with Crippen LogP contribution in [0.15, 0.2) is 56.2 Å². The number of halogens is 1. The average molecular weight is 363 g/mol. The second-order valence-corrected chi connectivity index (χ2v) is 5.07. The van der Waals surface area contributed by atoms with Gasteiger partial charge >= 0.3 is 5.97 Å². The first kappa shape index (κ1) is 14.2. The maximum absolute atomic E-state index is 11.8. The van der Waals surface area contributed by atoms with E-state index in [1.807, 2.05) is 0 Å². The van der Waals surface area contributed by atoms with E-state index in [1.165, 1.54) is 24.3 Å². The number of furan rings is 1. The highest BCUT2D eigenvalue weighted by molar-refractivity contribution is 9.10. The monoisotopic (exact) mass is 362 g/mol. The molecule has 0 saturated carbocycles. The fraction of sp³-hybridized carbons (Fsp3) is 0. The van der Waals surface area contributed by atoms with E-state index in [0.717, 1.165) is 0 Å². The van der Waals surface area contributed by atoms with Crippen LogP contribution in [0.4, 0.5) is 5.69 Å². The van der Waals surface area contributed by atoms with E-state index in [2.05, 4.69) is 20.9 Å². The number of hydrogen-bond acceptors (Lipinski definition) is 6. The Morgan fingerprint density at radius 3 is 2.77 bits per heavy atom. The normalized spacial score (nSPS) is 15.8. The van der Waals surface area contributed by atoms with Crippen molar-refractivity contribution in [2.45, 2.75) is 0 Å². The van der Waals surface area contributed by atoms with E-state index in [0.29, 0.717) is 16.0 Å². The van der Waals surface area contributed by atoms with Crippen molar-refractivity contribution in [2.24, 2.45) is 4.99 Å². The number of cyclic esters (lactones) is 1. The highest BCUT2D eigenvalue weighted by Gasteiger charge is 2.26. The number of nitrogens with zero attached hydrogens (tertiary/aromatic N) is 2. The first-order valence-electron chi connectivity index (χ1n) is 6.05. The van der Waals surface area contributed by atoms with Gasteiger partial charge in [-0.25, -0.2) is 9.79 Å². The van der Waals surface area contributed by atoms with E-state index in [-0.39, 0.29) is 17.3 Å². The Hall–Kier alpha value is -2.74. The third-order valence-corrected chi connectivity index (χ3v) is 3.22. The molecule has 0 N–H and O–H groups in total. The maximum atomic E-state index is 11.8. The van der Waals surface area contributed by atoms with Crippen LogP contribution in [-0.4, -0.2) is 16.8 Å². The Morgan fingerprint density at radius 1 is 1.27 bits per heavy atom. The first-order valence-corrected chi connectivity index (χ1v) is 6.85. The van der Waals surface area contributed by atoms with Gasteiger partial charge in [-0.15, -0.1) is 0 Å². The molecule has 0 unspecified atom stereocenters. The van der Waals surface area contributed by atoms with Crippen LogP contribution in [0.1, 0.15) is 11.3 Å². The molecular formula is C14H7BrN2O5. The maximum Gasteiger partial charge on any atom is 0.363 e. The summed E-state index contributed by atoms with van der Waals surface area (Å²) in [5.74, 6) is -0.288. The molecule has 1 aliphatic rings. The molecule has 0 bridgehead atoms. The zero-order valence-electron chi connectivity index (χ0n) is 10.9. The van der Waals surface area contributed by atoms with Crippen LogP contribution in [0.25, 0.3) is 6.08 Å². The summed E-state index contributed by atoms with van der Waals surface area (Å²) in [5.41, 5.74) is 0.453. The van der Waals surface area contributed by atoms with Gasteiger partial charge in [-0.05, 0) is 39.7 Å². The molecule has 3 rings (SSSR count). The van der Waals surface area contributed by atoms with Crippen molar-refractivity contribution >= 4 is 39.6 Å². The number of ether oxygens (including phenoxy) is 1. The van der Waals surface area contributed by atoms with Gasteiger partial charge in [-0.2, -0.15) is 0 Å². The van der Waals surface area contributed by atoms with Crippen LogP contribution in [0, 0.1) is 10.1 Å². The minimum atomic E-state index is -0.644. The van der Waals surface area contributed by atoms with Crippen LogP contribution in [0.3, 0.4) is 0 Å². The van der Waals surface area contributed by atoms with Gasteiger partial charge in [-0.1, -0.05) is 12.1 Å². The van der Waals surface area contributed by atoms with Crippen molar-refractivity contribution < 1.29 is 18.9 Å². The van der Waals surface area contributed by atoms with Gasteiger partial charge in [0.15, 0.2) is 16.1 Å². The number of benzene rings is 1. The van der Waals surface area contributed by atoms with Crippen molar-refractivity contribution in [1.82, 2.24) is 0 Å². The third-order valence-electron chi connectivity index (χ3n) is 2.79. The molecule has 0 amide bonds. The topological polar surface area (TPSA) is 94.9 Å². The van der Waals surface area contributed by atoms with E-state index in [4.69, 9.17) is 9.15 Å². The molecule has 7 nitrogen and oxygen atoms in total. The summed E-state index contributed by atoms with van der Waals surface area (Å²) in [6.07, 6.45) is 1.42. The van der Waals surface area contributed by atoms with Gasteiger partial charge in [0.2, 0.25) is 0 Å². The van der Waals surface area contributed by atoms with Crippen molar-refractivity contribution in [1.29, 1.82) is 0 Å². The number of nitro groups is 1. The molecule has 0 radical (unpaired) electrons. The molecule has 0 fully saturated rings. The number of nitro benzene ring substituents is 1. The molecule has 2 aromatic rings. The average Bonchev–Trinajstić information content (AvgIpc) is 3.06. The van der Waals surface area contributed by atoms with Gasteiger partial charge in [0.1, 0.15) is 0 Å². The number of aliphatic imine (C=N–C) groups is 1. The third kappa shape index (κ3) is 2.82. The summed E-state index contributed by atoms with van der Waals surface area (Å²) in [4.78, 5) is 26.1. The largest absolute Gasteiger partial charge is 0.444 e. The molecule has 1 aliphatic heterocycles. The van der Waals surface area contributed by atoms with Crippen molar-refractivity contribution in [3.63, 3.8) is 0 Å². The molecule has 2 heterocycles. The lowest BCUT2D eigenvalue weighted by atomic mass is 10.2. The Morgan fingerprint density at radius 2 is 2.09 bits per heavy atom. The van der Waals surface area contributed by atoms with Crippen molar-refractivity contribution in [3.8, 4) is 0 Å². The summed E-state index contributed by atoms with van der Waals surface area (Å²) in [6, 6.07) is 9.12. The highest BCUT2D eigenvalue weighted by Crippen LogP contribution is 2.23. The number of carbonyl (C=O) groups excluding carboxylic acids is 1. The second-order valence-electron chi connectivity index (χ2n) is 4.29. The predicted octanol–water partition coefficient (Wildman–Crippen LogP) is 3.29. The molecule has 1 aromatic heterocycles. The summed E-state index contributed by atoms with van der Waals surface area (Å²) >= 11 is 3.14. The van der Waals surface area contributed by atoms with E-state index < -0.39 is 10.9 Å². The SMILES string of the molecule is O=C1OC(c2ccc(Br)o2)=N/C1=C/c1cccc([N+](=O)[O-])c1. The molecular weight excluding hydrogens is 356 g/mol. The van der Waals surface area contributed by atoms with Gasteiger partial charge in [0, 0.05) is 12.1 Å². The fourth-order valence-corrected chi connectivity index (χ4v) is 2.14. The summed E-state index contributed by atoms with van der Waals surface area (Å²) in [7, 11) is 0. The van der Waals surface area contributed by atoms with Gasteiger partial charge in [-0.3, -0.25) is 10.1 Å². The molecule has 22 heavy (non-hydrogen) atoms. The zero-order valence-corrected chi connectivity index (χ0v) is 12.4. The lowest BCUT2D eigenvalue weighted by Gasteiger charge is -1.95. The molecule has 0 atom stereocenters. The van der Waals surface area contributed by atoms with Gasteiger partial charge in [0.25, 0.3) is 11.6 Å². The van der Waals surface area contributed by atoms with E-state index in [1.54, 1.807) is 18.2 Å². The summed E-state index contributed by atoms with van der Waals surface area (Å²) in [5, 5.41) is 10.7. The number of carbonyl (C=O) groups is 1. The van der Waals surface area contributed by atoms with Crippen LogP contribution >= 0.6 is 15.9 Å². The Kier molecular flexibility index (Phi) is 3.60. The first-order chi connectivity index (χ1) is 10.5. The Balaban J connectivity index is 1.94. The zero-order chi connectivity index (χ0) is 15.7. The quantitative estimate of drug-likeness (QED) is 0.361. The van der Waals surface area contributed by atoms with Crippen molar-refractivity contribution in [3.05, 3.63) is 68.2 Å². The Labute approximate surface area is 132 Å². The van der Waals surface area contributed by atoms with E-state index >= 15 is 0 Å². The summed E-state index contributed by atoms with van der Waals surface area (Å²) in [6.45, 7) is 0. The lowest BCUT2D eigenvalue weighted by Crippen LogP contribution is -2.04. The molecule has 0 aliphatic carbocycles. The number of esters is 1. The second kappa shape index (κ2) is 5.57. The van der Waals surface area contributed by atoms with Crippen LogP contribution in [-0.2, 0) is 9.53 Å². The van der Waals surface area contributed by atoms with Gasteiger partial charge < -0.3 is 9.15 Å². The van der Waals surface area contributed by atoms with Crippen LogP contribution < -0.4 is 0 Å². The van der Waals surface area contributed by atoms with Gasteiger partial charge in [0.05, 0.1) is 4.92 Å². The smallest absolute Gasteiger partial charge is 0.363 e. The summed E-state index contributed by atoms with van der Waals surface area (Å²) < 4.78 is 10.8. The molecule has 1 aromatic carbocycles. The number of hydrogen-bond donors (Lipinski definition) is 0. The molecule has 8 heteroatoms. The highest BCUT2D eigenvalue weighted by atomic mass is 79.9. The molecule has 0 spiro atoms. The number of non-ortho nitro benzene ring substituents is 1. The fourth-order valence-electron chi connectivity index (χ4n) is 1.83. The standard InChI is InChI=1S/C14H7BrN2O5/c15-12-5-4-11(21-12)13-16-10(14(18)22-13)7-8-2-1-3-9(6-8)17(19)20/h1-7H/b10-7+. The van der Waals surface area contributed by atoms with Crippen LogP contribution in [0.2, 0.25) is 0 Å². The Bertz CT molecular complexity index is 837. The predicted molar refractivity (Wildman–Crippen MR) is 80.1 cm³/mol. The molecule has 0 saturated heterocycles. The number of rotatable bonds is 3. The minimum absolute atomic E-state index is 0.0445. The minimum Gasteiger partial charge on any atom is -0.444 e.